The Morgan fingerprint density at radius 3 is 2.43 bits per heavy atom. The summed E-state index contributed by atoms with van der Waals surface area (Å²) in [6.07, 6.45) is 1.24. The minimum absolute atomic E-state index is 0.0859. The molecule has 1 atom stereocenters. The molecule has 1 rings (SSSR count). The smallest absolute Gasteiger partial charge is 0.305 e. The van der Waals surface area contributed by atoms with Gasteiger partial charge in [0.25, 0.3) is 0 Å². The lowest BCUT2D eigenvalue weighted by Crippen LogP contribution is -2.54. The van der Waals surface area contributed by atoms with Crippen LogP contribution in [0, 0.1) is 0 Å². The maximum absolute atomic E-state index is 11.9. The molecule has 0 aliphatic carbocycles. The molecule has 118 valence electrons. The minimum Gasteiger partial charge on any atom is -0.481 e. The van der Waals surface area contributed by atoms with Crippen LogP contribution >= 0.6 is 0 Å². The fourth-order valence-electron chi connectivity index (χ4n) is 2.08. The molecule has 8 heteroatoms. The van der Waals surface area contributed by atoms with Gasteiger partial charge in [-0.1, -0.05) is 6.08 Å². The number of carboxylic acids is 1. The van der Waals surface area contributed by atoms with E-state index >= 15 is 0 Å². The van der Waals surface area contributed by atoms with Crippen molar-refractivity contribution in [2.45, 2.75) is 12.5 Å². The number of piperazine rings is 1. The Balaban J connectivity index is 2.34. The molecular weight excluding hydrogens is 276 g/mol. The van der Waals surface area contributed by atoms with E-state index in [-0.39, 0.29) is 24.8 Å². The third kappa shape index (κ3) is 5.92. The Hall–Kier alpha value is -1.93. The van der Waals surface area contributed by atoms with Crippen molar-refractivity contribution in [3.05, 3.63) is 12.7 Å². The molecular formula is C13H22N4O4. The number of carbonyl (C=O) groups excluding carboxylic acids is 2. The highest BCUT2D eigenvalue weighted by atomic mass is 16.4. The summed E-state index contributed by atoms with van der Waals surface area (Å²) < 4.78 is 0. The fourth-order valence-corrected chi connectivity index (χ4v) is 2.08. The summed E-state index contributed by atoms with van der Waals surface area (Å²) in [7, 11) is 0. The van der Waals surface area contributed by atoms with Crippen molar-refractivity contribution in [2.24, 2.45) is 5.73 Å². The predicted molar refractivity (Wildman–Crippen MR) is 76.5 cm³/mol. The first-order chi connectivity index (χ1) is 9.93. The second kappa shape index (κ2) is 8.38. The van der Waals surface area contributed by atoms with E-state index in [2.05, 4.69) is 11.9 Å². The van der Waals surface area contributed by atoms with Crippen LogP contribution in [0.15, 0.2) is 12.7 Å². The van der Waals surface area contributed by atoms with Gasteiger partial charge in [0.15, 0.2) is 0 Å². The first-order valence-corrected chi connectivity index (χ1v) is 6.80. The largest absolute Gasteiger partial charge is 0.481 e. The van der Waals surface area contributed by atoms with E-state index in [1.165, 1.54) is 0 Å². The van der Waals surface area contributed by atoms with Crippen molar-refractivity contribution in [2.75, 3.05) is 39.3 Å². The first kappa shape index (κ1) is 17.1. The van der Waals surface area contributed by atoms with Crippen LogP contribution in [0.2, 0.25) is 0 Å². The molecule has 0 saturated carbocycles. The lowest BCUT2D eigenvalue weighted by atomic mass is 10.1. The highest BCUT2D eigenvalue weighted by molar-refractivity contribution is 5.86. The molecule has 1 unspecified atom stereocenters. The van der Waals surface area contributed by atoms with Crippen LogP contribution in [0.25, 0.3) is 0 Å². The van der Waals surface area contributed by atoms with E-state index in [4.69, 9.17) is 10.8 Å². The molecule has 1 fully saturated rings. The van der Waals surface area contributed by atoms with Gasteiger partial charge in [0, 0.05) is 32.7 Å². The van der Waals surface area contributed by atoms with Gasteiger partial charge in [-0.05, 0) is 0 Å². The fraction of sp³-hybridized carbons (Fsp3) is 0.615. The maximum atomic E-state index is 11.9. The molecule has 1 saturated heterocycles. The van der Waals surface area contributed by atoms with Crippen molar-refractivity contribution in [1.82, 2.24) is 15.1 Å². The summed E-state index contributed by atoms with van der Waals surface area (Å²) in [5, 5.41) is 11.3. The summed E-state index contributed by atoms with van der Waals surface area (Å²) in [6, 6.07) is -1.01. The van der Waals surface area contributed by atoms with Crippen molar-refractivity contribution < 1.29 is 19.5 Å². The Kier molecular flexibility index (Phi) is 6.83. The zero-order chi connectivity index (χ0) is 15.8. The zero-order valence-corrected chi connectivity index (χ0v) is 12.0. The quantitative estimate of drug-likeness (QED) is 0.479. The molecule has 0 spiro atoms. The van der Waals surface area contributed by atoms with Gasteiger partial charge in [-0.3, -0.25) is 19.3 Å². The molecule has 2 amide bonds. The van der Waals surface area contributed by atoms with E-state index in [9.17, 15) is 14.4 Å². The molecule has 8 nitrogen and oxygen atoms in total. The summed E-state index contributed by atoms with van der Waals surface area (Å²) in [5.74, 6) is -1.53. The molecule has 4 N–H and O–H groups in total. The number of nitrogens with two attached hydrogens (primary N) is 1. The van der Waals surface area contributed by atoms with Gasteiger partial charge in [0.2, 0.25) is 11.8 Å². The van der Waals surface area contributed by atoms with E-state index in [0.717, 1.165) is 0 Å². The molecule has 1 aliphatic heterocycles. The number of nitrogens with one attached hydrogen (secondary N) is 1. The van der Waals surface area contributed by atoms with Crippen LogP contribution in [0.5, 0.6) is 0 Å². The molecule has 21 heavy (non-hydrogen) atoms. The number of nitrogens with zero attached hydrogens (tertiary/aromatic N) is 2. The lowest BCUT2D eigenvalue weighted by Gasteiger charge is -2.35. The van der Waals surface area contributed by atoms with Crippen LogP contribution in [-0.4, -0.2) is 78.0 Å². The van der Waals surface area contributed by atoms with Crippen molar-refractivity contribution in [3.8, 4) is 0 Å². The van der Waals surface area contributed by atoms with E-state index in [1.807, 2.05) is 4.90 Å². The van der Waals surface area contributed by atoms with Crippen molar-refractivity contribution in [3.63, 3.8) is 0 Å². The third-order valence-electron chi connectivity index (χ3n) is 3.21. The number of amides is 2. The predicted octanol–water partition coefficient (Wildman–Crippen LogP) is -1.77. The van der Waals surface area contributed by atoms with Crippen LogP contribution in [0.3, 0.4) is 0 Å². The number of aliphatic carboxylic acids is 1. The molecule has 0 radical (unpaired) electrons. The first-order valence-electron chi connectivity index (χ1n) is 6.80. The van der Waals surface area contributed by atoms with Gasteiger partial charge in [-0.25, -0.2) is 0 Å². The topological polar surface area (TPSA) is 116 Å². The number of carbonyl (C=O) groups is 3. The average molecular weight is 298 g/mol. The van der Waals surface area contributed by atoms with Crippen molar-refractivity contribution in [1.29, 1.82) is 0 Å². The van der Waals surface area contributed by atoms with Crippen molar-refractivity contribution >= 4 is 17.8 Å². The van der Waals surface area contributed by atoms with Crippen LogP contribution in [-0.2, 0) is 14.4 Å². The molecule has 0 aromatic carbocycles. The van der Waals surface area contributed by atoms with Crippen LogP contribution < -0.4 is 11.1 Å². The highest BCUT2D eigenvalue weighted by Crippen LogP contribution is 2.04. The summed E-state index contributed by atoms with van der Waals surface area (Å²) >= 11 is 0. The summed E-state index contributed by atoms with van der Waals surface area (Å²) in [5.41, 5.74) is 5.56. The van der Waals surface area contributed by atoms with E-state index in [1.54, 1.807) is 11.0 Å². The maximum Gasteiger partial charge on any atom is 0.305 e. The van der Waals surface area contributed by atoms with E-state index < -0.39 is 12.0 Å². The average Bonchev–Trinajstić information content (AvgIpc) is 2.44. The molecule has 0 aromatic rings. The molecule has 1 aliphatic rings. The van der Waals surface area contributed by atoms with Gasteiger partial charge >= 0.3 is 5.97 Å². The van der Waals surface area contributed by atoms with Gasteiger partial charge in [0.05, 0.1) is 19.0 Å². The third-order valence-corrected chi connectivity index (χ3v) is 3.21. The van der Waals surface area contributed by atoms with Gasteiger partial charge in [0.1, 0.15) is 0 Å². The zero-order valence-electron chi connectivity index (χ0n) is 12.0. The second-order valence-electron chi connectivity index (χ2n) is 4.90. The van der Waals surface area contributed by atoms with Crippen LogP contribution in [0.1, 0.15) is 6.42 Å². The Morgan fingerprint density at radius 1 is 1.29 bits per heavy atom. The van der Waals surface area contributed by atoms with Gasteiger partial charge in [-0.15, -0.1) is 6.58 Å². The van der Waals surface area contributed by atoms with Gasteiger partial charge in [-0.2, -0.15) is 0 Å². The Morgan fingerprint density at radius 2 is 1.90 bits per heavy atom. The molecule has 1 heterocycles. The number of hydrogen-bond donors (Lipinski definition) is 3. The summed E-state index contributed by atoms with van der Waals surface area (Å²) in [6.45, 7) is 6.24. The molecule has 0 bridgehead atoms. The standard InChI is InChI=1S/C13H22N4O4/c1-2-3-15-11(18)9-16-4-6-17(7-5-16)13(21)10(14)8-12(19)20/h2,10H,1,3-9,14H2,(H,15,18)(H,19,20). The summed E-state index contributed by atoms with van der Waals surface area (Å²) in [4.78, 5) is 37.5. The normalized spacial score (nSPS) is 17.1. The lowest BCUT2D eigenvalue weighted by molar-refractivity contribution is -0.142. The Bertz CT molecular complexity index is 405. The van der Waals surface area contributed by atoms with E-state index in [0.29, 0.717) is 32.7 Å². The Labute approximate surface area is 123 Å². The second-order valence-corrected chi connectivity index (χ2v) is 4.90. The monoisotopic (exact) mass is 298 g/mol. The number of rotatable bonds is 7. The highest BCUT2D eigenvalue weighted by Gasteiger charge is 2.27. The van der Waals surface area contributed by atoms with Crippen LogP contribution in [0.4, 0.5) is 0 Å². The van der Waals surface area contributed by atoms with Gasteiger partial charge < -0.3 is 21.1 Å². The SMILES string of the molecule is C=CCNC(=O)CN1CCN(C(=O)C(N)CC(=O)O)CC1. The minimum atomic E-state index is -1.09. The molecule has 0 aromatic heterocycles. The number of carboxylic acid groups (broad SMARTS) is 1. The number of hydrogen-bond acceptors (Lipinski definition) is 5.